The molecule has 0 aliphatic heterocycles. The molecule has 0 atom stereocenters. The molecule has 20 heavy (non-hydrogen) atoms. The first-order chi connectivity index (χ1) is 9.52. The van der Waals surface area contributed by atoms with Crippen molar-refractivity contribution in [3.05, 3.63) is 47.0 Å². The highest BCUT2D eigenvalue weighted by Gasteiger charge is 2.14. The molecule has 2 aromatic rings. The number of ether oxygens (including phenoxy) is 1. The van der Waals surface area contributed by atoms with E-state index >= 15 is 0 Å². The van der Waals surface area contributed by atoms with E-state index in [9.17, 15) is 9.18 Å². The van der Waals surface area contributed by atoms with Gasteiger partial charge in [0.05, 0.1) is 11.3 Å². The van der Waals surface area contributed by atoms with Gasteiger partial charge in [0, 0.05) is 6.20 Å². The van der Waals surface area contributed by atoms with Crippen molar-refractivity contribution in [1.29, 1.82) is 5.26 Å². The van der Waals surface area contributed by atoms with Gasteiger partial charge in [-0.25, -0.2) is 14.2 Å². The van der Waals surface area contributed by atoms with Crippen LogP contribution in [0, 0.1) is 24.1 Å². The van der Waals surface area contributed by atoms with Crippen LogP contribution in [0.2, 0.25) is 0 Å². The number of hydrogen-bond donors (Lipinski definition) is 1. The third kappa shape index (κ3) is 2.54. The quantitative estimate of drug-likeness (QED) is 0.921. The molecule has 0 bridgehead atoms. The molecule has 0 amide bonds. The number of hydrogen-bond acceptors (Lipinski definition) is 5. The molecular formula is C13H8FN3O3. The first-order valence-corrected chi connectivity index (χ1v) is 5.46. The Morgan fingerprint density at radius 2 is 2.25 bits per heavy atom. The number of halogens is 1. The van der Waals surface area contributed by atoms with Crippen LogP contribution < -0.4 is 4.74 Å². The van der Waals surface area contributed by atoms with Crippen LogP contribution >= 0.6 is 0 Å². The summed E-state index contributed by atoms with van der Waals surface area (Å²) in [5.74, 6) is -1.91. The van der Waals surface area contributed by atoms with Gasteiger partial charge in [0.2, 0.25) is 0 Å². The summed E-state index contributed by atoms with van der Waals surface area (Å²) in [6.45, 7) is 1.48. The highest BCUT2D eigenvalue weighted by Crippen LogP contribution is 2.24. The number of benzene rings is 1. The van der Waals surface area contributed by atoms with Gasteiger partial charge >= 0.3 is 12.0 Å². The number of carboxylic acid groups (broad SMARTS) is 1. The van der Waals surface area contributed by atoms with E-state index in [4.69, 9.17) is 15.1 Å². The number of aromatic nitrogens is 2. The van der Waals surface area contributed by atoms with Crippen LogP contribution in [0.3, 0.4) is 0 Å². The van der Waals surface area contributed by atoms with Gasteiger partial charge in [-0.3, -0.25) is 0 Å². The normalized spacial score (nSPS) is 9.85. The third-order valence-electron chi connectivity index (χ3n) is 2.48. The second-order valence-corrected chi connectivity index (χ2v) is 3.78. The Bertz CT molecular complexity index is 725. The van der Waals surface area contributed by atoms with Crippen molar-refractivity contribution in [2.75, 3.05) is 0 Å². The number of rotatable bonds is 3. The second kappa shape index (κ2) is 5.32. The molecule has 1 aromatic heterocycles. The Morgan fingerprint density at radius 1 is 1.50 bits per heavy atom. The molecule has 0 unspecified atom stereocenters. The summed E-state index contributed by atoms with van der Waals surface area (Å²) in [5, 5.41) is 17.7. The van der Waals surface area contributed by atoms with Crippen LogP contribution in [0.1, 0.15) is 21.6 Å². The van der Waals surface area contributed by atoms with Crippen molar-refractivity contribution >= 4 is 5.97 Å². The van der Waals surface area contributed by atoms with E-state index in [1.54, 1.807) is 6.07 Å². The molecule has 0 saturated heterocycles. The minimum atomic E-state index is -1.16. The monoisotopic (exact) mass is 273 g/mol. The zero-order chi connectivity index (χ0) is 14.7. The van der Waals surface area contributed by atoms with E-state index in [0.717, 1.165) is 12.3 Å². The van der Waals surface area contributed by atoms with Crippen LogP contribution in [0.4, 0.5) is 4.39 Å². The van der Waals surface area contributed by atoms with Gasteiger partial charge in [-0.1, -0.05) is 6.07 Å². The summed E-state index contributed by atoms with van der Waals surface area (Å²) in [5.41, 5.74) is -0.120. The lowest BCUT2D eigenvalue weighted by Crippen LogP contribution is -2.04. The van der Waals surface area contributed by atoms with E-state index in [2.05, 4.69) is 9.97 Å². The van der Waals surface area contributed by atoms with Gasteiger partial charge in [-0.2, -0.15) is 10.2 Å². The zero-order valence-electron chi connectivity index (χ0n) is 10.3. The van der Waals surface area contributed by atoms with E-state index in [1.165, 1.54) is 19.1 Å². The molecule has 1 heterocycles. The fourth-order valence-electron chi connectivity index (χ4n) is 1.50. The zero-order valence-corrected chi connectivity index (χ0v) is 10.3. The van der Waals surface area contributed by atoms with Crippen LogP contribution in [0.15, 0.2) is 24.4 Å². The molecule has 1 aromatic carbocycles. The predicted molar refractivity (Wildman–Crippen MR) is 64.9 cm³/mol. The summed E-state index contributed by atoms with van der Waals surface area (Å²) >= 11 is 0. The molecule has 0 aliphatic rings. The van der Waals surface area contributed by atoms with E-state index in [1.807, 2.05) is 0 Å². The van der Waals surface area contributed by atoms with E-state index < -0.39 is 11.8 Å². The molecule has 7 heteroatoms. The first kappa shape index (κ1) is 13.4. The number of carbonyl (C=O) groups is 1. The number of carboxylic acids is 1. The van der Waals surface area contributed by atoms with Crippen LogP contribution in [0.5, 0.6) is 11.8 Å². The van der Waals surface area contributed by atoms with Gasteiger partial charge in [0.15, 0.2) is 5.75 Å². The van der Waals surface area contributed by atoms with Crippen LogP contribution in [0.25, 0.3) is 0 Å². The SMILES string of the molecule is Cc1nc(Oc2cccc(F)c2C#N)ncc1C(=O)O. The van der Waals surface area contributed by atoms with Crippen LogP contribution in [-0.4, -0.2) is 21.0 Å². The number of aromatic carboxylic acids is 1. The minimum Gasteiger partial charge on any atom is -0.478 e. The van der Waals surface area contributed by atoms with Gasteiger partial charge in [0.1, 0.15) is 17.4 Å². The lowest BCUT2D eigenvalue weighted by Gasteiger charge is -2.07. The molecule has 100 valence electrons. The maximum atomic E-state index is 13.4. The summed E-state index contributed by atoms with van der Waals surface area (Å²) in [4.78, 5) is 18.4. The fraction of sp³-hybridized carbons (Fsp3) is 0.0769. The van der Waals surface area contributed by atoms with Crippen molar-refractivity contribution in [1.82, 2.24) is 9.97 Å². The van der Waals surface area contributed by atoms with Gasteiger partial charge in [-0.05, 0) is 19.1 Å². The Morgan fingerprint density at radius 3 is 2.85 bits per heavy atom. The molecule has 0 saturated carbocycles. The number of aryl methyl sites for hydroxylation is 1. The largest absolute Gasteiger partial charge is 0.478 e. The number of nitriles is 1. The average molecular weight is 273 g/mol. The molecule has 0 spiro atoms. The Kier molecular flexibility index (Phi) is 3.57. The molecule has 1 N–H and O–H groups in total. The van der Waals surface area contributed by atoms with Gasteiger partial charge in [-0.15, -0.1) is 0 Å². The molecule has 2 rings (SSSR count). The maximum Gasteiger partial charge on any atom is 0.339 e. The molecular weight excluding hydrogens is 265 g/mol. The smallest absolute Gasteiger partial charge is 0.339 e. The lowest BCUT2D eigenvalue weighted by atomic mass is 10.2. The lowest BCUT2D eigenvalue weighted by molar-refractivity contribution is 0.0695. The standard InChI is InChI=1S/C13H8FN3O3/c1-7-9(12(18)19)6-16-13(17-7)20-11-4-2-3-10(14)8(11)5-15/h2-4,6H,1H3,(H,18,19). The second-order valence-electron chi connectivity index (χ2n) is 3.78. The molecule has 0 radical (unpaired) electrons. The van der Waals surface area contributed by atoms with E-state index in [-0.39, 0.29) is 28.6 Å². The van der Waals surface area contributed by atoms with Gasteiger partial charge in [0.25, 0.3) is 0 Å². The van der Waals surface area contributed by atoms with Gasteiger partial charge < -0.3 is 9.84 Å². The fourth-order valence-corrected chi connectivity index (χ4v) is 1.50. The summed E-state index contributed by atoms with van der Waals surface area (Å²) in [6.07, 6.45) is 1.09. The summed E-state index contributed by atoms with van der Waals surface area (Å²) < 4.78 is 18.6. The maximum absolute atomic E-state index is 13.4. The highest BCUT2D eigenvalue weighted by atomic mass is 19.1. The molecule has 0 aliphatic carbocycles. The number of nitrogens with zero attached hydrogens (tertiary/aromatic N) is 3. The average Bonchev–Trinajstić information content (AvgIpc) is 2.38. The Labute approximate surface area is 113 Å². The van der Waals surface area contributed by atoms with E-state index in [0.29, 0.717) is 0 Å². The third-order valence-corrected chi connectivity index (χ3v) is 2.48. The topological polar surface area (TPSA) is 96.1 Å². The first-order valence-electron chi connectivity index (χ1n) is 5.46. The van der Waals surface area contributed by atoms with Crippen molar-refractivity contribution in [2.45, 2.75) is 6.92 Å². The molecule has 0 fully saturated rings. The minimum absolute atomic E-state index is 0.0324. The summed E-state index contributed by atoms with van der Waals surface area (Å²) in [6, 6.07) is 5.42. The van der Waals surface area contributed by atoms with Crippen molar-refractivity contribution < 1.29 is 19.0 Å². The summed E-state index contributed by atoms with van der Waals surface area (Å²) in [7, 11) is 0. The van der Waals surface area contributed by atoms with Crippen molar-refractivity contribution in [3.63, 3.8) is 0 Å². The molecule has 6 nitrogen and oxygen atoms in total. The van der Waals surface area contributed by atoms with Crippen molar-refractivity contribution in [2.24, 2.45) is 0 Å². The Hall–Kier alpha value is -3.01. The highest BCUT2D eigenvalue weighted by molar-refractivity contribution is 5.88. The van der Waals surface area contributed by atoms with Crippen LogP contribution in [-0.2, 0) is 0 Å². The predicted octanol–water partition coefficient (Wildman–Crippen LogP) is 2.29. The Balaban J connectivity index is 2.37. The van der Waals surface area contributed by atoms with Crippen molar-refractivity contribution in [3.8, 4) is 17.8 Å².